The monoisotopic (exact) mass is 262 g/mol. The Morgan fingerprint density at radius 3 is 2.74 bits per heavy atom. The lowest BCUT2D eigenvalue weighted by Crippen LogP contribution is -2.64. The molecule has 102 valence electrons. The summed E-state index contributed by atoms with van der Waals surface area (Å²) in [4.78, 5) is 25.1. The van der Waals surface area contributed by atoms with Crippen LogP contribution in [0.5, 0.6) is 0 Å². The number of rotatable bonds is 4. The molecular formula is C14H18N2O3. The maximum absolute atomic E-state index is 11.9. The second-order valence-corrected chi connectivity index (χ2v) is 5.61. The van der Waals surface area contributed by atoms with Crippen molar-refractivity contribution in [1.82, 2.24) is 9.47 Å². The van der Waals surface area contributed by atoms with Gasteiger partial charge in [-0.1, -0.05) is 6.07 Å². The third-order valence-corrected chi connectivity index (χ3v) is 4.08. The van der Waals surface area contributed by atoms with Crippen LogP contribution in [0, 0.1) is 5.92 Å². The fraction of sp³-hybridized carbons (Fsp3) is 0.571. The zero-order valence-electron chi connectivity index (χ0n) is 10.8. The molecule has 1 saturated carbocycles. The predicted molar refractivity (Wildman–Crippen MR) is 69.6 cm³/mol. The minimum atomic E-state index is -0.626. The van der Waals surface area contributed by atoms with Crippen LogP contribution in [0.3, 0.4) is 0 Å². The first-order chi connectivity index (χ1) is 9.08. The molecule has 0 aromatic carbocycles. The van der Waals surface area contributed by atoms with Crippen LogP contribution in [0.4, 0.5) is 0 Å². The Balaban J connectivity index is 1.50. The third-order valence-electron chi connectivity index (χ3n) is 4.08. The number of aromatic nitrogens is 1. The molecule has 1 N–H and O–H groups in total. The average molecular weight is 262 g/mol. The van der Waals surface area contributed by atoms with Crippen molar-refractivity contribution in [2.24, 2.45) is 5.92 Å². The van der Waals surface area contributed by atoms with Crippen molar-refractivity contribution >= 4 is 5.91 Å². The van der Waals surface area contributed by atoms with Crippen molar-refractivity contribution in [1.29, 1.82) is 0 Å². The van der Waals surface area contributed by atoms with E-state index in [1.807, 2.05) is 0 Å². The van der Waals surface area contributed by atoms with E-state index in [1.54, 1.807) is 23.2 Å². The zero-order chi connectivity index (χ0) is 13.5. The second-order valence-electron chi connectivity index (χ2n) is 5.61. The molecule has 1 aliphatic heterocycles. The summed E-state index contributed by atoms with van der Waals surface area (Å²) in [5.41, 5.74) is -0.715. The smallest absolute Gasteiger partial charge is 0.250 e. The Bertz CT molecular complexity index is 542. The first kappa shape index (κ1) is 12.4. The molecule has 0 spiro atoms. The highest BCUT2D eigenvalue weighted by atomic mass is 16.3. The molecule has 0 atom stereocenters. The fourth-order valence-corrected chi connectivity index (χ4v) is 2.69. The molecule has 1 amide bonds. The van der Waals surface area contributed by atoms with E-state index < -0.39 is 5.60 Å². The number of carbonyl (C=O) groups is 1. The van der Waals surface area contributed by atoms with Gasteiger partial charge in [0.15, 0.2) is 0 Å². The molecule has 5 heteroatoms. The molecule has 1 aromatic heterocycles. The molecule has 0 bridgehead atoms. The second kappa shape index (κ2) is 4.49. The highest BCUT2D eigenvalue weighted by Gasteiger charge is 2.52. The molecule has 1 aliphatic carbocycles. The summed E-state index contributed by atoms with van der Waals surface area (Å²) in [5.74, 6) is 0.411. The van der Waals surface area contributed by atoms with E-state index in [0.29, 0.717) is 32.0 Å². The number of carbonyl (C=O) groups excluding carboxylic acids is 1. The molecule has 3 rings (SSSR count). The van der Waals surface area contributed by atoms with Crippen LogP contribution in [0.1, 0.15) is 19.3 Å². The third kappa shape index (κ3) is 2.42. The summed E-state index contributed by atoms with van der Waals surface area (Å²) in [6.45, 7) is 1.32. The Morgan fingerprint density at radius 1 is 1.37 bits per heavy atom. The molecule has 19 heavy (non-hydrogen) atoms. The Morgan fingerprint density at radius 2 is 2.11 bits per heavy atom. The van der Waals surface area contributed by atoms with Gasteiger partial charge in [0.05, 0.1) is 13.1 Å². The van der Waals surface area contributed by atoms with Gasteiger partial charge in [-0.15, -0.1) is 0 Å². The van der Waals surface area contributed by atoms with E-state index in [-0.39, 0.29) is 11.5 Å². The quantitative estimate of drug-likeness (QED) is 0.844. The van der Waals surface area contributed by atoms with E-state index in [2.05, 4.69) is 0 Å². The maximum Gasteiger partial charge on any atom is 0.250 e. The summed E-state index contributed by atoms with van der Waals surface area (Å²) in [6.07, 6.45) is 4.16. The molecule has 1 saturated heterocycles. The number of likely N-dealkylation sites (tertiary alicyclic amines) is 1. The van der Waals surface area contributed by atoms with Crippen LogP contribution in [0.2, 0.25) is 0 Å². The van der Waals surface area contributed by atoms with E-state index >= 15 is 0 Å². The Hall–Kier alpha value is -1.62. The Labute approximate surface area is 111 Å². The first-order valence-corrected chi connectivity index (χ1v) is 6.74. The average Bonchev–Trinajstić information content (AvgIpc) is 3.18. The van der Waals surface area contributed by atoms with Crippen LogP contribution >= 0.6 is 0 Å². The summed E-state index contributed by atoms with van der Waals surface area (Å²) < 4.78 is 1.53. The van der Waals surface area contributed by atoms with Gasteiger partial charge in [-0.2, -0.15) is 0 Å². The fourth-order valence-electron chi connectivity index (χ4n) is 2.69. The summed E-state index contributed by atoms with van der Waals surface area (Å²) >= 11 is 0. The molecule has 2 aliphatic rings. The molecule has 2 fully saturated rings. The van der Waals surface area contributed by atoms with Gasteiger partial charge in [-0.3, -0.25) is 9.59 Å². The number of pyridine rings is 1. The molecule has 5 nitrogen and oxygen atoms in total. The van der Waals surface area contributed by atoms with Crippen molar-refractivity contribution in [3.63, 3.8) is 0 Å². The highest BCUT2D eigenvalue weighted by molar-refractivity contribution is 5.77. The van der Waals surface area contributed by atoms with Crippen LogP contribution in [0.15, 0.2) is 29.2 Å². The van der Waals surface area contributed by atoms with E-state index in [1.165, 1.54) is 10.6 Å². The van der Waals surface area contributed by atoms with Gasteiger partial charge in [-0.25, -0.2) is 0 Å². The summed E-state index contributed by atoms with van der Waals surface area (Å²) in [5, 5.41) is 10.1. The number of hydrogen-bond acceptors (Lipinski definition) is 3. The minimum Gasteiger partial charge on any atom is -0.386 e. The molecule has 0 unspecified atom stereocenters. The van der Waals surface area contributed by atoms with Gasteiger partial charge in [0, 0.05) is 25.2 Å². The lowest BCUT2D eigenvalue weighted by atomic mass is 9.88. The van der Waals surface area contributed by atoms with Crippen molar-refractivity contribution < 1.29 is 9.90 Å². The largest absolute Gasteiger partial charge is 0.386 e. The highest BCUT2D eigenvalue weighted by Crippen LogP contribution is 2.44. The van der Waals surface area contributed by atoms with Crippen molar-refractivity contribution in [3.05, 3.63) is 34.7 Å². The van der Waals surface area contributed by atoms with Crippen LogP contribution in [0.25, 0.3) is 0 Å². The zero-order valence-corrected chi connectivity index (χ0v) is 10.8. The van der Waals surface area contributed by atoms with E-state index in [4.69, 9.17) is 0 Å². The summed E-state index contributed by atoms with van der Waals surface area (Å²) in [7, 11) is 0. The maximum atomic E-state index is 11.9. The van der Waals surface area contributed by atoms with Crippen LogP contribution < -0.4 is 5.56 Å². The number of hydrogen-bond donors (Lipinski definition) is 1. The lowest BCUT2D eigenvalue weighted by molar-refractivity contribution is -0.159. The minimum absolute atomic E-state index is 0.0149. The predicted octanol–water partition coefficient (Wildman–Crippen LogP) is 0.222. The standard InChI is InChI=1S/C14H18N2O3/c17-12-3-1-2-7-15(12)8-6-13(18)16-9-14(19,10-16)11-4-5-11/h1-3,7,11,19H,4-6,8-10H2. The Kier molecular flexibility index (Phi) is 2.93. The number of amides is 1. The van der Waals surface area contributed by atoms with Gasteiger partial charge in [0.2, 0.25) is 5.91 Å². The van der Waals surface area contributed by atoms with E-state index in [0.717, 1.165) is 12.8 Å². The lowest BCUT2D eigenvalue weighted by Gasteiger charge is -2.47. The number of aliphatic hydroxyl groups is 1. The van der Waals surface area contributed by atoms with Gasteiger partial charge in [-0.05, 0) is 24.8 Å². The molecular weight excluding hydrogens is 244 g/mol. The molecule has 0 radical (unpaired) electrons. The van der Waals surface area contributed by atoms with Gasteiger partial charge < -0.3 is 14.6 Å². The first-order valence-electron chi connectivity index (χ1n) is 6.74. The van der Waals surface area contributed by atoms with Gasteiger partial charge in [0.25, 0.3) is 5.56 Å². The number of nitrogens with zero attached hydrogens (tertiary/aromatic N) is 2. The van der Waals surface area contributed by atoms with Crippen molar-refractivity contribution in [3.8, 4) is 0 Å². The van der Waals surface area contributed by atoms with Gasteiger partial charge >= 0.3 is 0 Å². The topological polar surface area (TPSA) is 62.5 Å². The summed E-state index contributed by atoms with van der Waals surface area (Å²) in [6, 6.07) is 4.95. The van der Waals surface area contributed by atoms with Crippen molar-refractivity contribution in [2.75, 3.05) is 13.1 Å². The number of β-amino-alcohol motifs (C(OH)–C–C–N with tert-alkyl or cyclic N) is 1. The van der Waals surface area contributed by atoms with Crippen LogP contribution in [-0.4, -0.2) is 39.2 Å². The molecule has 1 aromatic rings. The van der Waals surface area contributed by atoms with Crippen molar-refractivity contribution in [2.45, 2.75) is 31.4 Å². The van der Waals surface area contributed by atoms with E-state index in [9.17, 15) is 14.7 Å². The number of aryl methyl sites for hydroxylation is 1. The van der Waals surface area contributed by atoms with Crippen LogP contribution in [-0.2, 0) is 11.3 Å². The normalized spacial score (nSPS) is 21.0. The SMILES string of the molecule is O=C(CCn1ccccc1=O)N1CC(O)(C2CC2)C1. The molecule has 2 heterocycles. The van der Waals surface area contributed by atoms with Gasteiger partial charge in [0.1, 0.15) is 5.60 Å².